The van der Waals surface area contributed by atoms with Gasteiger partial charge >= 0.3 is 6.09 Å². The fourth-order valence-electron chi connectivity index (χ4n) is 2.48. The maximum absolute atomic E-state index is 12.1. The number of benzene rings is 1. The highest BCUT2D eigenvalue weighted by atomic mass is 32.1. The quantitative estimate of drug-likeness (QED) is 0.254. The van der Waals surface area contributed by atoms with Crippen LogP contribution in [0.4, 0.5) is 4.79 Å². The number of amides is 3. The molecule has 156 valence electrons. The van der Waals surface area contributed by atoms with Crippen LogP contribution in [0, 0.1) is 0 Å². The molecule has 4 N–H and O–H groups in total. The monoisotopic (exact) mass is 419 g/mol. The minimum atomic E-state index is -0.489. The first-order valence-electron chi connectivity index (χ1n) is 9.31. The molecule has 0 saturated heterocycles. The van der Waals surface area contributed by atoms with Crippen LogP contribution in [0.15, 0.2) is 41.8 Å². The van der Waals surface area contributed by atoms with Gasteiger partial charge in [-0.15, -0.1) is 11.3 Å². The molecular weight excluding hydrogens is 394 g/mol. The summed E-state index contributed by atoms with van der Waals surface area (Å²) in [4.78, 5) is 35.7. The normalized spacial score (nSPS) is 10.2. The Morgan fingerprint density at radius 1 is 1.00 bits per heavy atom. The summed E-state index contributed by atoms with van der Waals surface area (Å²) in [6.45, 7) is 1.07. The first kappa shape index (κ1) is 22.4. The van der Waals surface area contributed by atoms with Gasteiger partial charge in [-0.2, -0.15) is 0 Å². The molecule has 8 nitrogen and oxygen atoms in total. The number of hydrogen-bond donors (Lipinski definition) is 4. The van der Waals surface area contributed by atoms with Crippen LogP contribution in [0.3, 0.4) is 0 Å². The van der Waals surface area contributed by atoms with Gasteiger partial charge in [-0.3, -0.25) is 14.8 Å². The van der Waals surface area contributed by atoms with Crippen molar-refractivity contribution < 1.29 is 24.3 Å². The number of carbonyl (C=O) groups excluding carboxylic acids is 3. The number of hydroxylamine groups is 1. The summed E-state index contributed by atoms with van der Waals surface area (Å²) in [7, 11) is 0. The van der Waals surface area contributed by atoms with E-state index in [1.807, 2.05) is 17.5 Å². The highest BCUT2D eigenvalue weighted by Gasteiger charge is 2.07. The number of carbonyl (C=O) groups is 3. The highest BCUT2D eigenvalue weighted by Crippen LogP contribution is 2.10. The topological polar surface area (TPSA) is 117 Å². The lowest BCUT2D eigenvalue weighted by atomic mass is 10.1. The molecule has 0 radical (unpaired) electrons. The molecular formula is C20H25N3O5S. The molecule has 0 unspecified atom stereocenters. The SMILES string of the molecule is O=C(CCCCCNC(=O)c1ccc(CNC(=O)OCc2cccs2)cc1)NO. The summed E-state index contributed by atoms with van der Waals surface area (Å²) in [5.41, 5.74) is 2.98. The van der Waals surface area contributed by atoms with Gasteiger partial charge in [0.05, 0.1) is 0 Å². The van der Waals surface area contributed by atoms with Crippen molar-refractivity contribution in [3.63, 3.8) is 0 Å². The minimum absolute atomic E-state index is 0.173. The van der Waals surface area contributed by atoms with Crippen LogP contribution >= 0.6 is 11.3 Å². The second kappa shape index (κ2) is 12.5. The number of rotatable bonds is 11. The zero-order valence-corrected chi connectivity index (χ0v) is 16.8. The van der Waals surface area contributed by atoms with Gasteiger partial charge in [-0.1, -0.05) is 24.6 Å². The average molecular weight is 420 g/mol. The molecule has 3 amide bonds. The standard InChI is InChI=1S/C20H25N3O5S/c24-18(23-27)6-2-1-3-11-21-19(25)16-9-7-15(8-10-16)13-22-20(26)28-14-17-5-4-12-29-17/h4-5,7-10,12,27H,1-3,6,11,13-14H2,(H,21,25)(H,22,26)(H,23,24). The summed E-state index contributed by atoms with van der Waals surface area (Å²) in [5, 5.41) is 15.8. The first-order valence-corrected chi connectivity index (χ1v) is 10.2. The molecule has 2 rings (SSSR count). The van der Waals surface area contributed by atoms with Gasteiger partial charge in [0.25, 0.3) is 5.91 Å². The van der Waals surface area contributed by atoms with Crippen molar-refractivity contribution in [1.29, 1.82) is 0 Å². The van der Waals surface area contributed by atoms with Crippen LogP contribution in [-0.2, 0) is 22.7 Å². The van der Waals surface area contributed by atoms with Crippen LogP contribution in [-0.4, -0.2) is 29.7 Å². The van der Waals surface area contributed by atoms with Gasteiger partial charge in [0.1, 0.15) is 6.61 Å². The van der Waals surface area contributed by atoms with Crippen molar-refractivity contribution in [2.75, 3.05) is 6.54 Å². The molecule has 2 aromatic rings. The highest BCUT2D eigenvalue weighted by molar-refractivity contribution is 7.09. The van der Waals surface area contributed by atoms with Gasteiger partial charge in [-0.05, 0) is 42.0 Å². The number of thiophene rings is 1. The van der Waals surface area contributed by atoms with Crippen LogP contribution < -0.4 is 16.1 Å². The van der Waals surface area contributed by atoms with E-state index in [0.717, 1.165) is 23.3 Å². The van der Waals surface area contributed by atoms with E-state index in [1.165, 1.54) is 11.3 Å². The Labute approximate surface area is 173 Å². The first-order chi connectivity index (χ1) is 14.1. The van der Waals surface area contributed by atoms with Gasteiger partial charge < -0.3 is 15.4 Å². The fraction of sp³-hybridized carbons (Fsp3) is 0.350. The van der Waals surface area contributed by atoms with Crippen molar-refractivity contribution in [2.24, 2.45) is 0 Å². The van der Waals surface area contributed by atoms with Gasteiger partial charge in [0.2, 0.25) is 5.91 Å². The number of alkyl carbamates (subject to hydrolysis) is 1. The largest absolute Gasteiger partial charge is 0.444 e. The lowest BCUT2D eigenvalue weighted by molar-refractivity contribution is -0.129. The van der Waals surface area contributed by atoms with Crippen LogP contribution in [0.1, 0.15) is 46.5 Å². The summed E-state index contributed by atoms with van der Waals surface area (Å²) in [5.74, 6) is -0.577. The van der Waals surface area contributed by atoms with Crippen molar-refractivity contribution in [3.8, 4) is 0 Å². The molecule has 0 aliphatic rings. The number of nitrogens with one attached hydrogen (secondary N) is 3. The maximum atomic E-state index is 12.1. The van der Waals surface area contributed by atoms with E-state index in [2.05, 4.69) is 10.6 Å². The maximum Gasteiger partial charge on any atom is 0.407 e. The Bertz CT molecular complexity index is 778. The molecule has 0 aliphatic heterocycles. The predicted molar refractivity (Wildman–Crippen MR) is 109 cm³/mol. The minimum Gasteiger partial charge on any atom is -0.444 e. The molecule has 0 fully saturated rings. The molecule has 0 saturated carbocycles. The third-order valence-corrected chi connectivity index (χ3v) is 4.92. The summed E-state index contributed by atoms with van der Waals surface area (Å²) < 4.78 is 5.12. The zero-order chi connectivity index (χ0) is 20.9. The number of unbranched alkanes of at least 4 members (excludes halogenated alkanes) is 2. The van der Waals surface area contributed by atoms with Gasteiger partial charge in [0.15, 0.2) is 0 Å². The molecule has 1 aromatic heterocycles. The smallest absolute Gasteiger partial charge is 0.407 e. The average Bonchev–Trinajstić information content (AvgIpc) is 3.26. The van der Waals surface area contributed by atoms with Crippen molar-refractivity contribution in [1.82, 2.24) is 16.1 Å². The van der Waals surface area contributed by atoms with E-state index in [4.69, 9.17) is 9.94 Å². The third-order valence-electron chi connectivity index (χ3n) is 4.07. The zero-order valence-electron chi connectivity index (χ0n) is 16.0. The molecule has 0 bridgehead atoms. The van der Waals surface area contributed by atoms with E-state index in [0.29, 0.717) is 25.1 Å². The Balaban J connectivity index is 1.62. The van der Waals surface area contributed by atoms with Gasteiger partial charge in [-0.25, -0.2) is 10.3 Å². The molecule has 0 spiro atoms. The Morgan fingerprint density at radius 2 is 1.79 bits per heavy atom. The van der Waals surface area contributed by atoms with E-state index in [-0.39, 0.29) is 18.9 Å². The second-order valence-electron chi connectivity index (χ2n) is 6.31. The predicted octanol–water partition coefficient (Wildman–Crippen LogP) is 2.97. The number of ether oxygens (including phenoxy) is 1. The van der Waals surface area contributed by atoms with Gasteiger partial charge in [0, 0.05) is 30.0 Å². The van der Waals surface area contributed by atoms with E-state index in [9.17, 15) is 14.4 Å². The lowest BCUT2D eigenvalue weighted by Crippen LogP contribution is -2.25. The Hall–Kier alpha value is -2.91. The molecule has 0 atom stereocenters. The molecule has 29 heavy (non-hydrogen) atoms. The fourth-order valence-corrected chi connectivity index (χ4v) is 3.09. The van der Waals surface area contributed by atoms with Crippen molar-refractivity contribution in [2.45, 2.75) is 38.8 Å². The summed E-state index contributed by atoms with van der Waals surface area (Å²) in [6.07, 6.45) is 1.96. The third kappa shape index (κ3) is 8.75. The van der Waals surface area contributed by atoms with E-state index < -0.39 is 12.0 Å². The van der Waals surface area contributed by atoms with Crippen LogP contribution in [0.25, 0.3) is 0 Å². The van der Waals surface area contributed by atoms with Crippen LogP contribution in [0.5, 0.6) is 0 Å². The second-order valence-corrected chi connectivity index (χ2v) is 7.34. The van der Waals surface area contributed by atoms with Crippen LogP contribution in [0.2, 0.25) is 0 Å². The lowest BCUT2D eigenvalue weighted by Gasteiger charge is -2.08. The Kier molecular flexibility index (Phi) is 9.67. The van der Waals surface area contributed by atoms with Crippen molar-refractivity contribution >= 4 is 29.2 Å². The summed E-state index contributed by atoms with van der Waals surface area (Å²) in [6, 6.07) is 10.8. The molecule has 1 aromatic carbocycles. The summed E-state index contributed by atoms with van der Waals surface area (Å²) >= 11 is 1.53. The molecule has 1 heterocycles. The molecule has 0 aliphatic carbocycles. The van der Waals surface area contributed by atoms with E-state index in [1.54, 1.807) is 29.7 Å². The Morgan fingerprint density at radius 3 is 2.48 bits per heavy atom. The van der Waals surface area contributed by atoms with Crippen molar-refractivity contribution in [3.05, 3.63) is 57.8 Å². The molecule has 9 heteroatoms. The van der Waals surface area contributed by atoms with E-state index >= 15 is 0 Å². The number of hydrogen-bond acceptors (Lipinski definition) is 6.